The molecule has 1 fully saturated rings. The Morgan fingerprint density at radius 2 is 2.36 bits per heavy atom. The van der Waals surface area contributed by atoms with Crippen LogP contribution in [0.4, 0.5) is 0 Å². The third kappa shape index (κ3) is 1.27. The minimum atomic E-state index is 0.279. The maximum Gasteiger partial charge on any atom is 0.138 e. The van der Waals surface area contributed by atoms with Crippen molar-refractivity contribution >= 4 is 0 Å². The van der Waals surface area contributed by atoms with Crippen LogP contribution in [0.3, 0.4) is 0 Å². The summed E-state index contributed by atoms with van der Waals surface area (Å²) in [4.78, 5) is 4.52. The minimum absolute atomic E-state index is 0.279. The van der Waals surface area contributed by atoms with E-state index < -0.39 is 0 Å². The SMILES string of the molecule is c1nc(C2CCCO2)n2c1CCCC2. The van der Waals surface area contributed by atoms with Crippen LogP contribution >= 0.6 is 0 Å². The van der Waals surface area contributed by atoms with Crippen LogP contribution in [0.2, 0.25) is 0 Å². The lowest BCUT2D eigenvalue weighted by atomic mass is 10.1. The molecule has 3 nitrogen and oxygen atoms in total. The molecule has 3 rings (SSSR count). The standard InChI is InChI=1S/C11H16N2O/c1-2-6-13-9(4-1)8-12-11(13)10-5-3-7-14-10/h8,10H,1-7H2. The van der Waals surface area contributed by atoms with Crippen molar-refractivity contribution < 1.29 is 4.74 Å². The molecule has 0 bridgehead atoms. The lowest BCUT2D eigenvalue weighted by Gasteiger charge is -2.18. The van der Waals surface area contributed by atoms with Gasteiger partial charge in [-0.05, 0) is 32.1 Å². The summed E-state index contributed by atoms with van der Waals surface area (Å²) in [5, 5.41) is 0. The Morgan fingerprint density at radius 3 is 3.21 bits per heavy atom. The average molecular weight is 192 g/mol. The van der Waals surface area contributed by atoms with Crippen molar-refractivity contribution in [1.29, 1.82) is 0 Å². The van der Waals surface area contributed by atoms with Gasteiger partial charge in [-0.1, -0.05) is 0 Å². The van der Waals surface area contributed by atoms with Crippen LogP contribution < -0.4 is 0 Å². The highest BCUT2D eigenvalue weighted by Gasteiger charge is 2.24. The van der Waals surface area contributed by atoms with E-state index in [-0.39, 0.29) is 6.10 Å². The fourth-order valence-corrected chi connectivity index (χ4v) is 2.50. The Kier molecular flexibility index (Phi) is 2.05. The Morgan fingerprint density at radius 1 is 1.36 bits per heavy atom. The number of hydrogen-bond donors (Lipinski definition) is 0. The highest BCUT2D eigenvalue weighted by Crippen LogP contribution is 2.29. The van der Waals surface area contributed by atoms with Crippen LogP contribution in [-0.2, 0) is 17.7 Å². The normalized spacial score (nSPS) is 26.4. The lowest BCUT2D eigenvalue weighted by Crippen LogP contribution is -2.14. The topological polar surface area (TPSA) is 27.1 Å². The first-order chi connectivity index (χ1) is 6.95. The van der Waals surface area contributed by atoms with Crippen LogP contribution in [0.25, 0.3) is 0 Å². The Labute approximate surface area is 84.1 Å². The first-order valence-electron chi connectivity index (χ1n) is 5.61. The largest absolute Gasteiger partial charge is 0.370 e. The Bertz CT molecular complexity index is 326. The Balaban J connectivity index is 1.93. The van der Waals surface area contributed by atoms with E-state index in [1.807, 2.05) is 6.20 Å². The van der Waals surface area contributed by atoms with Gasteiger partial charge in [0, 0.05) is 25.0 Å². The van der Waals surface area contributed by atoms with Gasteiger partial charge in [-0.3, -0.25) is 0 Å². The molecule has 1 saturated heterocycles. The molecular weight excluding hydrogens is 176 g/mol. The molecule has 2 aliphatic rings. The summed E-state index contributed by atoms with van der Waals surface area (Å²) in [6.07, 6.45) is 8.46. The number of nitrogens with zero attached hydrogens (tertiary/aromatic N) is 2. The van der Waals surface area contributed by atoms with E-state index in [2.05, 4.69) is 9.55 Å². The maximum atomic E-state index is 5.68. The highest BCUT2D eigenvalue weighted by molar-refractivity contribution is 5.10. The molecule has 0 aromatic carbocycles. The van der Waals surface area contributed by atoms with Gasteiger partial charge < -0.3 is 9.30 Å². The van der Waals surface area contributed by atoms with E-state index in [1.54, 1.807) is 0 Å². The number of aromatic nitrogens is 2. The second kappa shape index (κ2) is 3.39. The van der Waals surface area contributed by atoms with Crippen LogP contribution in [0.1, 0.15) is 43.3 Å². The molecule has 1 atom stereocenters. The van der Waals surface area contributed by atoms with E-state index in [4.69, 9.17) is 4.74 Å². The maximum absolute atomic E-state index is 5.68. The van der Waals surface area contributed by atoms with Gasteiger partial charge in [0.25, 0.3) is 0 Å². The van der Waals surface area contributed by atoms with Crippen molar-refractivity contribution in [3.05, 3.63) is 17.7 Å². The van der Waals surface area contributed by atoms with E-state index in [0.717, 1.165) is 19.6 Å². The second-order valence-electron chi connectivity index (χ2n) is 4.22. The first kappa shape index (κ1) is 8.48. The van der Waals surface area contributed by atoms with Gasteiger partial charge in [-0.15, -0.1) is 0 Å². The zero-order valence-electron chi connectivity index (χ0n) is 8.41. The Hall–Kier alpha value is -0.830. The molecule has 1 aromatic heterocycles. The predicted molar refractivity (Wildman–Crippen MR) is 53.1 cm³/mol. The molecule has 14 heavy (non-hydrogen) atoms. The molecule has 0 N–H and O–H groups in total. The van der Waals surface area contributed by atoms with Gasteiger partial charge in [-0.2, -0.15) is 0 Å². The van der Waals surface area contributed by atoms with Crippen molar-refractivity contribution in [2.75, 3.05) is 6.61 Å². The zero-order chi connectivity index (χ0) is 9.38. The molecule has 0 aliphatic carbocycles. The van der Waals surface area contributed by atoms with Gasteiger partial charge in [0.15, 0.2) is 0 Å². The summed E-state index contributed by atoms with van der Waals surface area (Å²) >= 11 is 0. The number of aryl methyl sites for hydroxylation is 1. The van der Waals surface area contributed by atoms with Crippen molar-refractivity contribution in [3.63, 3.8) is 0 Å². The van der Waals surface area contributed by atoms with E-state index >= 15 is 0 Å². The van der Waals surface area contributed by atoms with Crippen molar-refractivity contribution in [3.8, 4) is 0 Å². The number of hydrogen-bond acceptors (Lipinski definition) is 2. The highest BCUT2D eigenvalue weighted by atomic mass is 16.5. The number of imidazole rings is 1. The molecule has 3 heterocycles. The molecule has 0 amide bonds. The molecule has 0 spiro atoms. The van der Waals surface area contributed by atoms with E-state index in [9.17, 15) is 0 Å². The second-order valence-corrected chi connectivity index (χ2v) is 4.22. The smallest absolute Gasteiger partial charge is 0.138 e. The summed E-state index contributed by atoms with van der Waals surface area (Å²) in [6.45, 7) is 2.05. The van der Waals surface area contributed by atoms with Crippen LogP contribution in [0.5, 0.6) is 0 Å². The number of rotatable bonds is 1. The monoisotopic (exact) mass is 192 g/mol. The molecule has 0 radical (unpaired) electrons. The third-order valence-corrected chi connectivity index (χ3v) is 3.25. The summed E-state index contributed by atoms with van der Waals surface area (Å²) in [6, 6.07) is 0. The van der Waals surface area contributed by atoms with Gasteiger partial charge in [-0.25, -0.2) is 4.98 Å². The molecule has 3 heteroatoms. The van der Waals surface area contributed by atoms with Gasteiger partial charge in [0.1, 0.15) is 11.9 Å². The number of fused-ring (bicyclic) bond motifs is 1. The van der Waals surface area contributed by atoms with Gasteiger partial charge >= 0.3 is 0 Å². The quantitative estimate of drug-likeness (QED) is 0.681. The first-order valence-corrected chi connectivity index (χ1v) is 5.61. The summed E-state index contributed by atoms with van der Waals surface area (Å²) < 4.78 is 8.05. The molecule has 1 aromatic rings. The summed E-state index contributed by atoms with van der Waals surface area (Å²) in [7, 11) is 0. The van der Waals surface area contributed by atoms with Gasteiger partial charge in [0.2, 0.25) is 0 Å². The van der Waals surface area contributed by atoms with E-state index in [1.165, 1.54) is 37.2 Å². The molecule has 1 unspecified atom stereocenters. The molecular formula is C11H16N2O. The minimum Gasteiger partial charge on any atom is -0.370 e. The lowest BCUT2D eigenvalue weighted by molar-refractivity contribution is 0.101. The van der Waals surface area contributed by atoms with Crippen LogP contribution in [0.15, 0.2) is 6.20 Å². The molecule has 76 valence electrons. The molecule has 2 aliphatic heterocycles. The predicted octanol–water partition coefficient (Wildman–Crippen LogP) is 2.07. The van der Waals surface area contributed by atoms with Gasteiger partial charge in [0.05, 0.1) is 0 Å². The summed E-state index contributed by atoms with van der Waals surface area (Å²) in [5.41, 5.74) is 1.40. The summed E-state index contributed by atoms with van der Waals surface area (Å²) in [5.74, 6) is 1.18. The van der Waals surface area contributed by atoms with Crippen molar-refractivity contribution in [1.82, 2.24) is 9.55 Å². The molecule has 0 saturated carbocycles. The fraction of sp³-hybridized carbons (Fsp3) is 0.727. The van der Waals surface area contributed by atoms with Crippen molar-refractivity contribution in [2.45, 2.75) is 44.8 Å². The zero-order valence-corrected chi connectivity index (χ0v) is 8.41. The average Bonchev–Trinajstić information content (AvgIpc) is 2.85. The number of ether oxygens (including phenoxy) is 1. The van der Waals surface area contributed by atoms with E-state index in [0.29, 0.717) is 0 Å². The van der Waals surface area contributed by atoms with Crippen molar-refractivity contribution in [2.24, 2.45) is 0 Å². The van der Waals surface area contributed by atoms with Crippen LogP contribution in [-0.4, -0.2) is 16.2 Å². The third-order valence-electron chi connectivity index (χ3n) is 3.25. The van der Waals surface area contributed by atoms with Crippen LogP contribution in [0, 0.1) is 0 Å². The fourth-order valence-electron chi connectivity index (χ4n) is 2.50.